The van der Waals surface area contributed by atoms with Crippen LogP contribution in [0, 0.1) is 5.41 Å². The fourth-order valence-electron chi connectivity index (χ4n) is 7.06. The first-order chi connectivity index (χ1) is 25.8. The second kappa shape index (κ2) is 15.1. The number of ether oxygens (including phenoxy) is 2. The number of halogens is 1. The molecule has 5 atom stereocenters. The molecular formula is C40H50IN5O8S. The van der Waals surface area contributed by atoms with Gasteiger partial charge in [-0.15, -0.1) is 20.7 Å². The van der Waals surface area contributed by atoms with Crippen LogP contribution in [0.5, 0.6) is 5.88 Å². The maximum Gasteiger partial charge on any atom is 0.408 e. The zero-order chi connectivity index (χ0) is 40.0. The van der Waals surface area contributed by atoms with Gasteiger partial charge in [-0.05, 0) is 75.0 Å². The zero-order valence-corrected chi connectivity index (χ0v) is 35.0. The summed E-state index contributed by atoms with van der Waals surface area (Å²) in [7, 11) is -4.12. The van der Waals surface area contributed by atoms with Crippen LogP contribution in [0.4, 0.5) is 4.79 Å². The predicted octanol–water partition coefficient (Wildman–Crippen LogP) is 4.77. The van der Waals surface area contributed by atoms with E-state index in [-0.39, 0.29) is 29.7 Å². The van der Waals surface area contributed by atoms with Gasteiger partial charge in [0.2, 0.25) is 27.7 Å². The van der Waals surface area contributed by atoms with Gasteiger partial charge in [-0.3, -0.25) is 19.1 Å². The van der Waals surface area contributed by atoms with Crippen LogP contribution in [0.15, 0.2) is 66.9 Å². The molecule has 1 unspecified atom stereocenters. The highest BCUT2D eigenvalue weighted by Crippen LogP contribution is 2.49. The van der Waals surface area contributed by atoms with E-state index in [1.165, 1.54) is 4.90 Å². The fourth-order valence-corrected chi connectivity index (χ4v) is 10.9. The summed E-state index contributed by atoms with van der Waals surface area (Å²) in [5, 5.41) is 7.28. The molecular weight excluding hydrogens is 837 g/mol. The quantitative estimate of drug-likeness (QED) is 0.171. The molecule has 296 valence electrons. The van der Waals surface area contributed by atoms with Crippen molar-refractivity contribution in [1.82, 2.24) is 25.2 Å². The number of sulfonamides is 1. The van der Waals surface area contributed by atoms with E-state index >= 15 is 0 Å². The molecule has 6 rings (SSSR count). The van der Waals surface area contributed by atoms with Gasteiger partial charge < -0.3 is 25.0 Å². The van der Waals surface area contributed by atoms with Crippen LogP contribution in [0.3, 0.4) is 0 Å². The van der Waals surface area contributed by atoms with Gasteiger partial charge in [-0.25, -0.2) is 18.2 Å². The Morgan fingerprint density at radius 1 is 1.00 bits per heavy atom. The highest BCUT2D eigenvalue weighted by molar-refractivity contribution is 14.2. The van der Waals surface area contributed by atoms with Gasteiger partial charge in [0.15, 0.2) is 0 Å². The van der Waals surface area contributed by atoms with E-state index in [0.29, 0.717) is 18.7 Å². The molecule has 2 aliphatic carbocycles. The maximum atomic E-state index is 14.6. The Labute approximate surface area is 332 Å². The third-order valence-corrected chi connectivity index (χ3v) is 15.0. The van der Waals surface area contributed by atoms with Crippen LogP contribution in [0.1, 0.15) is 72.8 Å². The number of rotatable bonds is 12. The number of pyridine rings is 1. The summed E-state index contributed by atoms with van der Waals surface area (Å²) < 4.78 is 44.4. The third kappa shape index (κ3) is 8.82. The molecule has 1 aliphatic heterocycles. The number of hydrogen-bond acceptors (Lipinski definition) is 9. The molecule has 3 aliphatic rings. The lowest BCUT2D eigenvalue weighted by Crippen LogP contribution is -2.60. The Balaban J connectivity index is 1.26. The average Bonchev–Trinajstić information content (AvgIpc) is 4.01. The van der Waals surface area contributed by atoms with Gasteiger partial charge in [0.25, 0.3) is 5.91 Å². The molecule has 4 amide bonds. The number of carbonyl (C=O) groups is 4. The van der Waals surface area contributed by atoms with E-state index < -0.39 is 94.1 Å². The molecule has 2 aromatic carbocycles. The van der Waals surface area contributed by atoms with Crippen molar-refractivity contribution in [2.24, 2.45) is 5.41 Å². The van der Waals surface area contributed by atoms with Crippen molar-refractivity contribution in [2.75, 3.05) is 6.54 Å². The smallest absolute Gasteiger partial charge is 0.408 e. The summed E-state index contributed by atoms with van der Waals surface area (Å²) in [4.78, 5) is 61.8. The first-order valence-corrected chi connectivity index (χ1v) is 22.6. The number of alkyl carbamates (subject to hydrolysis) is 1. The number of benzene rings is 2. The Hall–Kier alpha value is -4.12. The number of hydrogen-bond donors (Lipinski definition) is 3. The third-order valence-electron chi connectivity index (χ3n) is 10.3. The zero-order valence-electron chi connectivity index (χ0n) is 32.1. The molecule has 2 saturated carbocycles. The largest absolute Gasteiger partial charge is 0.472 e. The first kappa shape index (κ1) is 40.5. The second-order valence-corrected chi connectivity index (χ2v) is 21.3. The number of nitrogens with zero attached hydrogens (tertiary/aromatic N) is 2. The lowest BCUT2D eigenvalue weighted by atomic mass is 9.85. The van der Waals surface area contributed by atoms with Crippen molar-refractivity contribution in [3.8, 4) is 5.88 Å². The van der Waals surface area contributed by atoms with Crippen LogP contribution in [0.2, 0.25) is 0 Å². The Morgan fingerprint density at radius 3 is 2.29 bits per heavy atom. The molecule has 1 aromatic heterocycles. The van der Waals surface area contributed by atoms with Crippen LogP contribution < -0.4 is 20.1 Å². The Morgan fingerprint density at radius 2 is 1.67 bits per heavy atom. The van der Waals surface area contributed by atoms with Crippen LogP contribution in [-0.2, 0) is 35.6 Å². The van der Waals surface area contributed by atoms with E-state index in [1.807, 2.05) is 60.7 Å². The summed E-state index contributed by atoms with van der Waals surface area (Å²) in [5.74, 6) is -1.62. The van der Waals surface area contributed by atoms with Gasteiger partial charge in [0, 0.05) is 21.9 Å². The Kier molecular flexibility index (Phi) is 11.1. The van der Waals surface area contributed by atoms with E-state index in [2.05, 4.69) is 24.9 Å². The van der Waals surface area contributed by atoms with Crippen molar-refractivity contribution in [3.05, 3.63) is 72.4 Å². The number of alkyl halides is 1. The van der Waals surface area contributed by atoms with Crippen molar-refractivity contribution < 1.29 is 37.1 Å². The molecule has 1 saturated heterocycles. The SMILES string of the molecule is C=I[C@@H]1CC1(NC(=O)[C@@H]1C[C@@H](Oc2nccc3ccccc23)CN1C(=O)[C@@H](NC(=O)OC(C)(C)C)C(C)(C)C)C(=O)NS(=O)(=O)C1(Cc2ccccc2)CC1. The van der Waals surface area contributed by atoms with Crippen LogP contribution in [-0.4, -0.2) is 91.2 Å². The molecule has 13 nitrogen and oxygen atoms in total. The minimum absolute atomic E-state index is 0.0221. The molecule has 0 spiro atoms. The predicted molar refractivity (Wildman–Crippen MR) is 218 cm³/mol. The molecule has 0 radical (unpaired) electrons. The monoisotopic (exact) mass is 887 g/mol. The molecule has 3 N–H and O–H groups in total. The fraction of sp³-hybridized carbons (Fsp3) is 0.500. The van der Waals surface area contributed by atoms with Gasteiger partial charge >= 0.3 is 6.09 Å². The summed E-state index contributed by atoms with van der Waals surface area (Å²) in [6, 6.07) is 16.4. The number of likely N-dealkylation sites (tertiary alicyclic amines) is 1. The summed E-state index contributed by atoms with van der Waals surface area (Å²) >= 11 is -0.834. The van der Waals surface area contributed by atoms with E-state index in [0.717, 1.165) is 16.3 Å². The Bertz CT molecular complexity index is 2090. The lowest BCUT2D eigenvalue weighted by Gasteiger charge is -2.36. The van der Waals surface area contributed by atoms with E-state index in [1.54, 1.807) is 47.7 Å². The minimum Gasteiger partial charge on any atom is -0.472 e. The second-order valence-electron chi connectivity index (χ2n) is 16.8. The van der Waals surface area contributed by atoms with Crippen LogP contribution >= 0.6 is 20.7 Å². The number of carbonyl (C=O) groups excluding carboxylic acids is 4. The molecule has 3 fully saturated rings. The summed E-state index contributed by atoms with van der Waals surface area (Å²) in [6.07, 6.45) is 1.51. The number of nitrogens with one attached hydrogen (secondary N) is 3. The molecule has 3 aromatic rings. The maximum absolute atomic E-state index is 14.6. The minimum atomic E-state index is -4.12. The molecule has 55 heavy (non-hydrogen) atoms. The molecule has 15 heteroatoms. The van der Waals surface area contributed by atoms with Gasteiger partial charge in [-0.2, -0.15) is 0 Å². The van der Waals surface area contributed by atoms with Gasteiger partial charge in [0.05, 0.1) is 11.3 Å². The number of aromatic nitrogens is 1. The highest BCUT2D eigenvalue weighted by atomic mass is 127. The van der Waals surface area contributed by atoms with E-state index in [9.17, 15) is 27.6 Å². The summed E-state index contributed by atoms with van der Waals surface area (Å²) in [5.41, 5.74) is -2.27. The lowest BCUT2D eigenvalue weighted by molar-refractivity contribution is -0.142. The van der Waals surface area contributed by atoms with Crippen molar-refractivity contribution in [1.29, 1.82) is 0 Å². The topological polar surface area (TPSA) is 173 Å². The number of amides is 4. The van der Waals surface area contributed by atoms with Crippen molar-refractivity contribution >= 4 is 69.9 Å². The van der Waals surface area contributed by atoms with Crippen LogP contribution in [0.25, 0.3) is 10.8 Å². The molecule has 2 heterocycles. The standard InChI is InChI=1S/C40H50IN5O8S/c1-37(2,3)31(43-36(50)54-38(4,5)6)34(48)46-24-27(53-33-28-16-12-11-15-26(28)17-20-42-33)21-29(46)32(47)44-40(23-30(40)41-7)35(49)45-55(51,52)39(18-19-39)22-25-13-9-8-10-14-25/h8-17,20,27,29-31H,7,18-19,21-24H2,1-6H3,(H,43,50)(H,44,47)(H,45,49)/t27-,29+,30-,31-,40?/m1/s1. The van der Waals surface area contributed by atoms with Crippen molar-refractivity contribution in [2.45, 2.75) is 112 Å². The van der Waals surface area contributed by atoms with Gasteiger partial charge in [-0.1, -0.05) is 73.8 Å². The molecule has 0 bridgehead atoms. The van der Waals surface area contributed by atoms with Crippen molar-refractivity contribution in [3.63, 3.8) is 0 Å². The normalized spacial score (nSPS) is 23.7. The van der Waals surface area contributed by atoms with Gasteiger partial charge in [0.1, 0.15) is 29.3 Å². The summed E-state index contributed by atoms with van der Waals surface area (Å²) in [6.45, 7) is 10.5. The van der Waals surface area contributed by atoms with E-state index in [4.69, 9.17) is 9.47 Å². The highest BCUT2D eigenvalue weighted by Gasteiger charge is 2.64. The number of fused-ring (bicyclic) bond motifs is 1. The first-order valence-electron chi connectivity index (χ1n) is 18.4. The average molecular weight is 888 g/mol.